The van der Waals surface area contributed by atoms with Crippen LogP contribution in [-0.2, 0) is 6.54 Å². The molecule has 1 aromatic carbocycles. The molecule has 0 radical (unpaired) electrons. The van der Waals surface area contributed by atoms with Gasteiger partial charge in [-0.25, -0.2) is 0 Å². The molecule has 2 aromatic rings. The third kappa shape index (κ3) is 3.93. The average Bonchev–Trinajstić information content (AvgIpc) is 3.05. The first-order valence-corrected chi connectivity index (χ1v) is 8.46. The van der Waals surface area contributed by atoms with Crippen LogP contribution in [0.15, 0.2) is 47.2 Å². The van der Waals surface area contributed by atoms with E-state index >= 15 is 0 Å². The Hall–Kier alpha value is -1.65. The van der Waals surface area contributed by atoms with Gasteiger partial charge in [0.05, 0.1) is 13.1 Å². The summed E-state index contributed by atoms with van der Waals surface area (Å²) in [5.74, 6) is 0.0766. The van der Waals surface area contributed by atoms with Crippen LogP contribution in [-0.4, -0.2) is 25.0 Å². The Morgan fingerprint density at radius 2 is 1.95 bits per heavy atom. The smallest absolute Gasteiger partial charge is 0.252 e. The predicted molar refractivity (Wildman–Crippen MR) is 85.6 cm³/mol. The van der Waals surface area contributed by atoms with Crippen LogP contribution in [0.1, 0.15) is 28.8 Å². The number of nitrogens with one attached hydrogen (secondary N) is 2. The molecular weight excluding hydrogens is 280 g/mol. The number of thiophene rings is 1. The molecule has 3 rings (SSSR count). The molecule has 1 aliphatic heterocycles. The van der Waals surface area contributed by atoms with E-state index in [1.165, 1.54) is 5.56 Å². The summed E-state index contributed by atoms with van der Waals surface area (Å²) in [6.07, 6.45) is 2.14. The van der Waals surface area contributed by atoms with Gasteiger partial charge in [-0.15, -0.1) is 0 Å². The number of piperidine rings is 1. The quantitative estimate of drug-likeness (QED) is 0.886. The molecule has 1 amide bonds. The van der Waals surface area contributed by atoms with Crippen molar-refractivity contribution in [3.8, 4) is 0 Å². The first-order chi connectivity index (χ1) is 10.3. The number of carbonyl (C=O) groups excluding carboxylic acids is 1. The second kappa shape index (κ2) is 6.87. The third-order valence-electron chi connectivity index (χ3n) is 4.11. The van der Waals surface area contributed by atoms with Crippen molar-refractivity contribution < 1.29 is 9.69 Å². The molecule has 1 aromatic heterocycles. The number of rotatable bonds is 4. The normalized spacial score (nSPS) is 21.9. The zero-order valence-corrected chi connectivity index (χ0v) is 12.9. The van der Waals surface area contributed by atoms with E-state index in [0.717, 1.165) is 38.0 Å². The maximum atomic E-state index is 12.0. The van der Waals surface area contributed by atoms with Gasteiger partial charge in [0.1, 0.15) is 6.54 Å². The first-order valence-electron chi connectivity index (χ1n) is 7.52. The van der Waals surface area contributed by atoms with Gasteiger partial charge in [0.15, 0.2) is 0 Å². The molecule has 1 saturated heterocycles. The third-order valence-corrected chi connectivity index (χ3v) is 4.79. The molecule has 2 heterocycles. The largest absolute Gasteiger partial charge is 0.349 e. The van der Waals surface area contributed by atoms with Crippen LogP contribution in [0.25, 0.3) is 0 Å². The maximum Gasteiger partial charge on any atom is 0.252 e. The summed E-state index contributed by atoms with van der Waals surface area (Å²) in [4.78, 5) is 13.6. The second-order valence-corrected chi connectivity index (χ2v) is 6.45. The highest BCUT2D eigenvalue weighted by Gasteiger charge is 2.23. The van der Waals surface area contributed by atoms with Crippen LogP contribution >= 0.6 is 11.3 Å². The number of amides is 1. The second-order valence-electron chi connectivity index (χ2n) is 5.67. The summed E-state index contributed by atoms with van der Waals surface area (Å²) in [5, 5.41) is 7.01. The molecule has 0 unspecified atom stereocenters. The Kier molecular flexibility index (Phi) is 4.68. The number of hydrogen-bond acceptors (Lipinski definition) is 2. The summed E-state index contributed by atoms with van der Waals surface area (Å²) in [6, 6.07) is 12.9. The molecular formula is C17H21N2OS+. The van der Waals surface area contributed by atoms with Gasteiger partial charge in [-0.3, -0.25) is 4.79 Å². The van der Waals surface area contributed by atoms with E-state index in [9.17, 15) is 4.79 Å². The molecule has 1 aliphatic rings. The van der Waals surface area contributed by atoms with E-state index in [-0.39, 0.29) is 5.91 Å². The van der Waals surface area contributed by atoms with Crippen LogP contribution in [0.4, 0.5) is 0 Å². The van der Waals surface area contributed by atoms with Crippen molar-refractivity contribution in [1.29, 1.82) is 0 Å². The Bertz CT molecular complexity index is 560. The number of hydrogen-bond donors (Lipinski definition) is 2. The van der Waals surface area contributed by atoms with Gasteiger partial charge in [-0.1, -0.05) is 30.3 Å². The first kappa shape index (κ1) is 14.3. The van der Waals surface area contributed by atoms with Gasteiger partial charge in [0, 0.05) is 35.4 Å². The number of quaternary nitrogens is 1. The fourth-order valence-corrected chi connectivity index (χ4v) is 3.53. The minimum Gasteiger partial charge on any atom is -0.349 e. The van der Waals surface area contributed by atoms with Crippen molar-refractivity contribution in [2.24, 2.45) is 0 Å². The van der Waals surface area contributed by atoms with E-state index < -0.39 is 0 Å². The SMILES string of the molecule is O=C(NC1CC[NH+](Cc2ccccc2)CC1)c1ccsc1. The minimum atomic E-state index is 0.0766. The fourth-order valence-electron chi connectivity index (χ4n) is 2.89. The number of carbonyl (C=O) groups is 1. The molecule has 2 N–H and O–H groups in total. The maximum absolute atomic E-state index is 12.0. The molecule has 1 fully saturated rings. The van der Waals surface area contributed by atoms with E-state index in [2.05, 4.69) is 35.6 Å². The van der Waals surface area contributed by atoms with Crippen molar-refractivity contribution in [1.82, 2.24) is 5.32 Å². The Balaban J connectivity index is 1.46. The highest BCUT2D eigenvalue weighted by molar-refractivity contribution is 7.08. The van der Waals surface area contributed by atoms with Crippen LogP contribution < -0.4 is 10.2 Å². The lowest BCUT2D eigenvalue weighted by atomic mass is 10.0. The van der Waals surface area contributed by atoms with E-state index in [1.807, 2.05) is 16.8 Å². The highest BCUT2D eigenvalue weighted by Crippen LogP contribution is 2.08. The van der Waals surface area contributed by atoms with Gasteiger partial charge in [0.25, 0.3) is 5.91 Å². The number of likely N-dealkylation sites (tertiary alicyclic amines) is 1. The summed E-state index contributed by atoms with van der Waals surface area (Å²) in [5.41, 5.74) is 2.19. The molecule has 0 aliphatic carbocycles. The lowest BCUT2D eigenvalue weighted by Crippen LogP contribution is -3.12. The van der Waals surface area contributed by atoms with Gasteiger partial charge in [0.2, 0.25) is 0 Å². The highest BCUT2D eigenvalue weighted by atomic mass is 32.1. The summed E-state index contributed by atoms with van der Waals surface area (Å²) in [6.45, 7) is 3.35. The Labute approximate surface area is 129 Å². The Morgan fingerprint density at radius 1 is 1.19 bits per heavy atom. The Morgan fingerprint density at radius 3 is 2.62 bits per heavy atom. The molecule has 0 bridgehead atoms. The molecule has 21 heavy (non-hydrogen) atoms. The van der Waals surface area contributed by atoms with Gasteiger partial charge < -0.3 is 10.2 Å². The standard InChI is InChI=1S/C17H20N2OS/c20-17(15-8-11-21-13-15)18-16-6-9-19(10-7-16)12-14-4-2-1-3-5-14/h1-5,8,11,13,16H,6-7,9-10,12H2,(H,18,20)/p+1. The average molecular weight is 301 g/mol. The molecule has 4 heteroatoms. The molecule has 0 spiro atoms. The van der Waals surface area contributed by atoms with Crippen LogP contribution in [0.2, 0.25) is 0 Å². The summed E-state index contributed by atoms with van der Waals surface area (Å²) in [7, 11) is 0. The van der Waals surface area contributed by atoms with Crippen LogP contribution in [0.3, 0.4) is 0 Å². The van der Waals surface area contributed by atoms with E-state index in [0.29, 0.717) is 6.04 Å². The summed E-state index contributed by atoms with van der Waals surface area (Å²) < 4.78 is 0. The van der Waals surface area contributed by atoms with E-state index in [4.69, 9.17) is 0 Å². The van der Waals surface area contributed by atoms with Crippen molar-refractivity contribution in [2.75, 3.05) is 13.1 Å². The fraction of sp³-hybridized carbons (Fsp3) is 0.353. The van der Waals surface area contributed by atoms with Crippen molar-refractivity contribution in [3.63, 3.8) is 0 Å². The minimum absolute atomic E-state index is 0.0766. The molecule has 110 valence electrons. The van der Waals surface area contributed by atoms with Gasteiger partial charge >= 0.3 is 0 Å². The predicted octanol–water partition coefficient (Wildman–Crippen LogP) is 1.73. The van der Waals surface area contributed by atoms with Crippen LogP contribution in [0, 0.1) is 0 Å². The van der Waals surface area contributed by atoms with Crippen molar-refractivity contribution in [2.45, 2.75) is 25.4 Å². The van der Waals surface area contributed by atoms with Gasteiger partial charge in [-0.05, 0) is 11.4 Å². The zero-order chi connectivity index (χ0) is 14.5. The van der Waals surface area contributed by atoms with E-state index in [1.54, 1.807) is 16.2 Å². The zero-order valence-electron chi connectivity index (χ0n) is 12.0. The topological polar surface area (TPSA) is 33.5 Å². The molecule has 0 saturated carbocycles. The lowest BCUT2D eigenvalue weighted by Gasteiger charge is -2.29. The van der Waals surface area contributed by atoms with Gasteiger partial charge in [-0.2, -0.15) is 11.3 Å². The lowest BCUT2D eigenvalue weighted by molar-refractivity contribution is -0.918. The van der Waals surface area contributed by atoms with Crippen molar-refractivity contribution >= 4 is 17.2 Å². The number of benzene rings is 1. The van der Waals surface area contributed by atoms with Crippen molar-refractivity contribution in [3.05, 3.63) is 58.3 Å². The van der Waals surface area contributed by atoms with Crippen LogP contribution in [0.5, 0.6) is 0 Å². The molecule has 3 nitrogen and oxygen atoms in total. The monoisotopic (exact) mass is 301 g/mol. The summed E-state index contributed by atoms with van der Waals surface area (Å²) >= 11 is 1.57. The molecule has 0 atom stereocenters.